The Morgan fingerprint density at radius 1 is 1.29 bits per heavy atom. The predicted octanol–water partition coefficient (Wildman–Crippen LogP) is 2.31. The van der Waals surface area contributed by atoms with E-state index in [-0.39, 0.29) is 0 Å². The lowest BCUT2D eigenvalue weighted by Gasteiger charge is -2.01. The molecule has 0 aliphatic heterocycles. The van der Waals surface area contributed by atoms with E-state index in [1.807, 2.05) is 50.1 Å². The molecule has 2 rings (SSSR count). The van der Waals surface area contributed by atoms with Crippen LogP contribution in [0.4, 0.5) is 0 Å². The van der Waals surface area contributed by atoms with Crippen LogP contribution in [0.5, 0.6) is 0 Å². The molecule has 0 saturated heterocycles. The van der Waals surface area contributed by atoms with Crippen LogP contribution in [0.15, 0.2) is 36.5 Å². The molecule has 1 aromatic heterocycles. The van der Waals surface area contributed by atoms with Crippen molar-refractivity contribution in [3.8, 4) is 11.3 Å². The zero-order valence-corrected chi connectivity index (χ0v) is 10.3. The molecule has 0 bridgehead atoms. The molecule has 0 aliphatic rings. The maximum absolute atomic E-state index is 5.46. The number of aromatic nitrogens is 2. The Morgan fingerprint density at radius 2 is 2.06 bits per heavy atom. The summed E-state index contributed by atoms with van der Waals surface area (Å²) in [6, 6.07) is 10.2. The zero-order valence-electron chi connectivity index (χ0n) is 10.3. The molecule has 2 aromatic rings. The third-order valence-corrected chi connectivity index (χ3v) is 2.56. The van der Waals surface area contributed by atoms with Crippen molar-refractivity contribution >= 4 is 7.28 Å². The number of nitrogens with zero attached hydrogens (tertiary/aromatic N) is 2. The van der Waals surface area contributed by atoms with Gasteiger partial charge in [0.2, 0.25) is 0 Å². The minimum Gasteiger partial charge on any atom is -0.382 e. The molecule has 0 aliphatic carbocycles. The Bertz CT molecular complexity index is 468. The van der Waals surface area contributed by atoms with E-state index in [0.29, 0.717) is 13.1 Å². The van der Waals surface area contributed by atoms with E-state index in [9.17, 15) is 0 Å². The van der Waals surface area contributed by atoms with Crippen molar-refractivity contribution in [1.82, 2.24) is 9.55 Å². The Kier molecular flexibility index (Phi) is 3.99. The summed E-state index contributed by atoms with van der Waals surface area (Å²) in [5.41, 5.74) is 2.13. The molecular formula is C13H16BN2O. The van der Waals surface area contributed by atoms with Gasteiger partial charge in [-0.15, -0.1) is 0 Å². The average Bonchev–Trinajstić information content (AvgIpc) is 2.73. The first kappa shape index (κ1) is 11.9. The van der Waals surface area contributed by atoms with Gasteiger partial charge in [-0.05, 0) is 0 Å². The highest BCUT2D eigenvalue weighted by atomic mass is 16.5. The molecule has 1 radical (unpaired) electrons. The van der Waals surface area contributed by atoms with Crippen LogP contribution in [0.25, 0.3) is 11.3 Å². The van der Waals surface area contributed by atoms with Gasteiger partial charge in [-0.2, -0.15) is 0 Å². The number of rotatable bonds is 5. The molecule has 0 saturated carbocycles. The number of imidazole rings is 1. The predicted molar refractivity (Wildman–Crippen MR) is 69.9 cm³/mol. The number of aryl methyl sites for hydroxylation is 1. The van der Waals surface area contributed by atoms with Gasteiger partial charge in [0.15, 0.2) is 0 Å². The van der Waals surface area contributed by atoms with Crippen molar-refractivity contribution in [2.24, 2.45) is 7.05 Å². The van der Waals surface area contributed by atoms with Crippen LogP contribution in [-0.2, 0) is 18.4 Å². The fourth-order valence-electron chi connectivity index (χ4n) is 1.65. The van der Waals surface area contributed by atoms with Gasteiger partial charge in [0.05, 0.1) is 5.69 Å². The molecule has 0 atom stereocenters. The zero-order chi connectivity index (χ0) is 12.1. The summed E-state index contributed by atoms with van der Waals surface area (Å²) in [5.74, 6) is 0.950. The van der Waals surface area contributed by atoms with E-state index in [1.165, 1.54) is 0 Å². The molecule has 17 heavy (non-hydrogen) atoms. The minimum atomic E-state index is 0.549. The summed E-state index contributed by atoms with van der Waals surface area (Å²) in [6.07, 6.45) is 2.03. The fraction of sp³-hybridized carbons (Fsp3) is 0.308. The van der Waals surface area contributed by atoms with Crippen LogP contribution >= 0.6 is 0 Å². The Labute approximate surface area is 103 Å². The molecule has 0 unspecified atom stereocenters. The normalized spacial score (nSPS) is 10.5. The Hall–Kier alpha value is -1.55. The van der Waals surface area contributed by atoms with Crippen LogP contribution in [-0.4, -0.2) is 23.3 Å². The number of hydrogen-bond donors (Lipinski definition) is 0. The van der Waals surface area contributed by atoms with Crippen LogP contribution in [0.1, 0.15) is 5.82 Å². The Balaban J connectivity index is 2.13. The first-order valence-electron chi connectivity index (χ1n) is 5.74. The summed E-state index contributed by atoms with van der Waals surface area (Å²) >= 11 is 0. The lowest BCUT2D eigenvalue weighted by atomic mass is 9.85. The number of benzene rings is 1. The number of ether oxygens (including phenoxy) is 1. The van der Waals surface area contributed by atoms with Gasteiger partial charge < -0.3 is 9.30 Å². The van der Waals surface area contributed by atoms with E-state index in [0.717, 1.165) is 17.1 Å². The van der Waals surface area contributed by atoms with E-state index < -0.39 is 0 Å². The summed E-state index contributed by atoms with van der Waals surface area (Å²) in [4.78, 5) is 4.58. The lowest BCUT2D eigenvalue weighted by Crippen LogP contribution is -2.04. The molecule has 4 heteroatoms. The third-order valence-electron chi connectivity index (χ3n) is 2.56. The van der Waals surface area contributed by atoms with Gasteiger partial charge in [0, 0.05) is 25.3 Å². The molecular weight excluding hydrogens is 211 g/mol. The van der Waals surface area contributed by atoms with Crippen LogP contribution < -0.4 is 0 Å². The summed E-state index contributed by atoms with van der Waals surface area (Å²) in [5, 5.41) is 0. The third kappa shape index (κ3) is 2.97. The van der Waals surface area contributed by atoms with Crippen LogP contribution in [0, 0.1) is 0 Å². The molecule has 87 valence electrons. The Morgan fingerprint density at radius 3 is 2.76 bits per heavy atom. The van der Waals surface area contributed by atoms with Crippen molar-refractivity contribution in [3.63, 3.8) is 0 Å². The molecule has 3 nitrogen and oxygen atoms in total. The van der Waals surface area contributed by atoms with E-state index in [1.54, 1.807) is 0 Å². The van der Waals surface area contributed by atoms with E-state index in [2.05, 4.69) is 17.1 Å². The van der Waals surface area contributed by atoms with Gasteiger partial charge >= 0.3 is 0 Å². The largest absolute Gasteiger partial charge is 0.382 e. The second-order valence-electron chi connectivity index (χ2n) is 3.94. The first-order chi connectivity index (χ1) is 8.31. The minimum absolute atomic E-state index is 0.549. The fourth-order valence-corrected chi connectivity index (χ4v) is 1.65. The molecule has 1 aromatic carbocycles. The van der Waals surface area contributed by atoms with Crippen LogP contribution in [0.3, 0.4) is 0 Å². The highest BCUT2D eigenvalue weighted by molar-refractivity contribution is 6.33. The lowest BCUT2D eigenvalue weighted by molar-refractivity contribution is 0.155. The van der Waals surface area contributed by atoms with Crippen molar-refractivity contribution in [2.45, 2.75) is 13.4 Å². The standard InChI is InChI=1S/C13H16BN2O/c1-14-10-17-9-13-15-12(8-16(13)2)11-6-4-3-5-7-11/h3-8H,9-10H2,1-2H3. The van der Waals surface area contributed by atoms with E-state index in [4.69, 9.17) is 4.74 Å². The van der Waals surface area contributed by atoms with Crippen molar-refractivity contribution in [2.75, 3.05) is 6.51 Å². The van der Waals surface area contributed by atoms with Gasteiger partial charge in [-0.1, -0.05) is 37.2 Å². The van der Waals surface area contributed by atoms with Crippen molar-refractivity contribution < 1.29 is 4.74 Å². The van der Waals surface area contributed by atoms with Crippen molar-refractivity contribution in [3.05, 3.63) is 42.4 Å². The van der Waals surface area contributed by atoms with E-state index >= 15 is 0 Å². The highest BCUT2D eigenvalue weighted by Gasteiger charge is 2.06. The molecule has 0 N–H and O–H groups in total. The summed E-state index contributed by atoms with van der Waals surface area (Å²) in [6.45, 7) is 3.19. The summed E-state index contributed by atoms with van der Waals surface area (Å²) in [7, 11) is 3.98. The van der Waals surface area contributed by atoms with Gasteiger partial charge in [-0.25, -0.2) is 4.98 Å². The highest BCUT2D eigenvalue weighted by Crippen LogP contribution is 2.17. The van der Waals surface area contributed by atoms with Gasteiger partial charge in [-0.3, -0.25) is 0 Å². The monoisotopic (exact) mass is 227 g/mol. The maximum Gasteiger partial charge on any atom is 0.141 e. The second kappa shape index (κ2) is 5.68. The SMILES string of the molecule is C[B]COCc1nc(-c2ccccc2)cn1C. The first-order valence-corrected chi connectivity index (χ1v) is 5.74. The van der Waals surface area contributed by atoms with Gasteiger partial charge in [0.25, 0.3) is 0 Å². The summed E-state index contributed by atoms with van der Waals surface area (Å²) < 4.78 is 7.47. The molecule has 0 spiro atoms. The van der Waals surface area contributed by atoms with Crippen molar-refractivity contribution in [1.29, 1.82) is 0 Å². The molecule has 1 heterocycles. The van der Waals surface area contributed by atoms with Gasteiger partial charge in [0.1, 0.15) is 19.7 Å². The molecule has 0 fully saturated rings. The second-order valence-corrected chi connectivity index (χ2v) is 3.94. The van der Waals surface area contributed by atoms with Crippen LogP contribution in [0.2, 0.25) is 6.82 Å². The maximum atomic E-state index is 5.46. The smallest absolute Gasteiger partial charge is 0.141 e. The molecule has 0 amide bonds. The quantitative estimate of drug-likeness (QED) is 0.578. The average molecular weight is 227 g/mol. The topological polar surface area (TPSA) is 27.1 Å². The number of hydrogen-bond acceptors (Lipinski definition) is 2.